The van der Waals surface area contributed by atoms with E-state index in [2.05, 4.69) is 10.3 Å². The summed E-state index contributed by atoms with van der Waals surface area (Å²) in [6, 6.07) is 6.99. The van der Waals surface area contributed by atoms with E-state index < -0.39 is 11.7 Å². The smallest absolute Gasteiger partial charge is 0.407 e. The third kappa shape index (κ3) is 4.88. The first-order valence-corrected chi connectivity index (χ1v) is 9.48. The second-order valence-electron chi connectivity index (χ2n) is 8.11. The minimum absolute atomic E-state index is 0.103. The summed E-state index contributed by atoms with van der Waals surface area (Å²) >= 11 is 0. The second-order valence-corrected chi connectivity index (χ2v) is 8.11. The van der Waals surface area contributed by atoms with Crippen LogP contribution in [0, 0.1) is 16.0 Å². The van der Waals surface area contributed by atoms with Crippen molar-refractivity contribution in [2.75, 3.05) is 24.5 Å². The van der Waals surface area contributed by atoms with E-state index in [1.807, 2.05) is 31.7 Å². The van der Waals surface area contributed by atoms with Crippen LogP contribution in [0.5, 0.6) is 0 Å². The lowest BCUT2D eigenvalue weighted by molar-refractivity contribution is -0.384. The minimum Gasteiger partial charge on any atom is -0.444 e. The second kappa shape index (κ2) is 8.00. The summed E-state index contributed by atoms with van der Waals surface area (Å²) in [5.74, 6) is 0.321. The van der Waals surface area contributed by atoms with Gasteiger partial charge in [-0.25, -0.2) is 4.79 Å². The number of hydrogen-bond acceptors (Lipinski definition) is 6. The molecule has 2 heterocycles. The Morgan fingerprint density at radius 2 is 2.07 bits per heavy atom. The molecule has 1 N–H and O–H groups in total. The molecule has 28 heavy (non-hydrogen) atoms. The third-order valence-corrected chi connectivity index (χ3v) is 4.79. The number of pyridine rings is 1. The van der Waals surface area contributed by atoms with Gasteiger partial charge in [-0.15, -0.1) is 0 Å². The van der Waals surface area contributed by atoms with E-state index in [1.54, 1.807) is 24.4 Å². The number of carbonyl (C=O) groups is 1. The predicted molar refractivity (Wildman–Crippen MR) is 108 cm³/mol. The number of nitrogens with one attached hydrogen (secondary N) is 1. The van der Waals surface area contributed by atoms with E-state index in [1.165, 1.54) is 0 Å². The van der Waals surface area contributed by atoms with E-state index in [4.69, 9.17) is 4.74 Å². The predicted octanol–water partition coefficient (Wildman–Crippen LogP) is 3.88. The average Bonchev–Trinajstić information content (AvgIpc) is 2.64. The van der Waals surface area contributed by atoms with Crippen molar-refractivity contribution >= 4 is 28.4 Å². The summed E-state index contributed by atoms with van der Waals surface area (Å²) in [6.07, 6.45) is 2.96. The number of rotatable bonds is 4. The van der Waals surface area contributed by atoms with Gasteiger partial charge in [-0.05, 0) is 51.7 Å². The number of nitro groups is 1. The van der Waals surface area contributed by atoms with Crippen molar-refractivity contribution in [3.8, 4) is 0 Å². The van der Waals surface area contributed by atoms with Crippen molar-refractivity contribution in [1.82, 2.24) is 10.3 Å². The maximum atomic E-state index is 11.8. The number of anilines is 1. The normalized spacial score (nSPS) is 15.5. The molecule has 0 bridgehead atoms. The number of fused-ring (bicyclic) bond motifs is 1. The van der Waals surface area contributed by atoms with Crippen molar-refractivity contribution in [2.45, 2.75) is 39.2 Å². The number of nitro benzene ring substituents is 1. The molecule has 1 aromatic carbocycles. The Balaban J connectivity index is 1.64. The standard InChI is InChI=1S/C20H26N4O4/c1-20(2,3)28-19(25)22-13-14-6-9-23(10-7-14)17-12-16-15(5-4-8-21-16)11-18(17)24(26)27/h4-5,8,11-12,14H,6-7,9-10,13H2,1-3H3,(H,22,25). The van der Waals surface area contributed by atoms with E-state index >= 15 is 0 Å². The molecule has 8 heteroatoms. The van der Waals surface area contributed by atoms with Crippen molar-refractivity contribution in [3.05, 3.63) is 40.6 Å². The molecule has 1 amide bonds. The molecular formula is C20H26N4O4. The van der Waals surface area contributed by atoms with Gasteiger partial charge < -0.3 is 15.0 Å². The van der Waals surface area contributed by atoms with Crippen LogP contribution in [0.2, 0.25) is 0 Å². The molecule has 0 unspecified atom stereocenters. The Hall–Kier alpha value is -2.90. The topological polar surface area (TPSA) is 97.6 Å². The molecule has 1 saturated heterocycles. The number of hydrogen-bond donors (Lipinski definition) is 1. The molecule has 1 fully saturated rings. The Morgan fingerprint density at radius 3 is 2.71 bits per heavy atom. The zero-order valence-electron chi connectivity index (χ0n) is 16.5. The lowest BCUT2D eigenvalue weighted by Crippen LogP contribution is -2.40. The molecule has 8 nitrogen and oxygen atoms in total. The van der Waals surface area contributed by atoms with Crippen molar-refractivity contribution in [2.24, 2.45) is 5.92 Å². The number of nitrogens with zero attached hydrogens (tertiary/aromatic N) is 3. The summed E-state index contributed by atoms with van der Waals surface area (Å²) in [6.45, 7) is 7.42. The summed E-state index contributed by atoms with van der Waals surface area (Å²) < 4.78 is 5.26. The quantitative estimate of drug-likeness (QED) is 0.632. The number of carbonyl (C=O) groups excluding carboxylic acids is 1. The molecule has 2 aromatic rings. The van der Waals surface area contributed by atoms with Gasteiger partial charge in [0.15, 0.2) is 0 Å². The molecule has 0 atom stereocenters. The number of ether oxygens (including phenoxy) is 1. The first-order chi connectivity index (χ1) is 13.2. The van der Waals surface area contributed by atoms with Crippen LogP contribution in [0.3, 0.4) is 0 Å². The lowest BCUT2D eigenvalue weighted by Gasteiger charge is -2.33. The van der Waals surface area contributed by atoms with Crippen LogP contribution in [0.15, 0.2) is 30.5 Å². The molecule has 1 aliphatic rings. The first kappa shape index (κ1) is 19.9. The zero-order valence-corrected chi connectivity index (χ0v) is 16.5. The van der Waals surface area contributed by atoms with E-state index in [9.17, 15) is 14.9 Å². The van der Waals surface area contributed by atoms with Crippen LogP contribution in [0.25, 0.3) is 10.9 Å². The number of aromatic nitrogens is 1. The van der Waals surface area contributed by atoms with Gasteiger partial charge in [-0.3, -0.25) is 15.1 Å². The fraction of sp³-hybridized carbons (Fsp3) is 0.500. The third-order valence-electron chi connectivity index (χ3n) is 4.79. The molecule has 0 aliphatic carbocycles. The van der Waals surface area contributed by atoms with Gasteiger partial charge in [0, 0.05) is 37.3 Å². The fourth-order valence-corrected chi connectivity index (χ4v) is 3.42. The van der Waals surface area contributed by atoms with Gasteiger partial charge in [0.25, 0.3) is 5.69 Å². The van der Waals surface area contributed by atoms with Crippen molar-refractivity contribution in [1.29, 1.82) is 0 Å². The molecule has 0 radical (unpaired) electrons. The molecule has 150 valence electrons. The van der Waals surface area contributed by atoms with Gasteiger partial charge in [0.1, 0.15) is 11.3 Å². The highest BCUT2D eigenvalue weighted by Crippen LogP contribution is 2.34. The molecule has 0 saturated carbocycles. The maximum absolute atomic E-state index is 11.8. The van der Waals surface area contributed by atoms with Crippen LogP contribution < -0.4 is 10.2 Å². The number of piperidine rings is 1. The molecule has 1 aromatic heterocycles. The molecule has 3 rings (SSSR count). The van der Waals surface area contributed by atoms with E-state index in [0.29, 0.717) is 31.2 Å². The van der Waals surface area contributed by atoms with Gasteiger partial charge >= 0.3 is 6.09 Å². The van der Waals surface area contributed by atoms with Gasteiger partial charge in [-0.1, -0.05) is 6.07 Å². The van der Waals surface area contributed by atoms with Crippen LogP contribution in [-0.4, -0.2) is 41.2 Å². The van der Waals surface area contributed by atoms with E-state index in [0.717, 1.165) is 23.7 Å². The van der Waals surface area contributed by atoms with E-state index in [-0.39, 0.29) is 10.6 Å². The summed E-state index contributed by atoms with van der Waals surface area (Å²) in [5, 5.41) is 15.1. The highest BCUT2D eigenvalue weighted by Gasteiger charge is 2.26. The van der Waals surface area contributed by atoms with Gasteiger partial charge in [0.05, 0.1) is 10.4 Å². The number of alkyl carbamates (subject to hydrolysis) is 1. The van der Waals surface area contributed by atoms with Crippen LogP contribution >= 0.6 is 0 Å². The highest BCUT2D eigenvalue weighted by atomic mass is 16.6. The SMILES string of the molecule is CC(C)(C)OC(=O)NCC1CCN(c2cc3ncccc3cc2[N+](=O)[O-])CC1. The summed E-state index contributed by atoms with van der Waals surface area (Å²) in [5.41, 5.74) is 0.939. The number of amides is 1. The summed E-state index contributed by atoms with van der Waals surface area (Å²) in [7, 11) is 0. The van der Waals surface area contributed by atoms with Crippen LogP contribution in [0.4, 0.5) is 16.2 Å². The van der Waals surface area contributed by atoms with Crippen LogP contribution in [-0.2, 0) is 4.74 Å². The minimum atomic E-state index is -0.517. The van der Waals surface area contributed by atoms with Crippen LogP contribution in [0.1, 0.15) is 33.6 Å². The monoisotopic (exact) mass is 386 g/mol. The molecule has 0 spiro atoms. The highest BCUT2D eigenvalue weighted by molar-refractivity contribution is 5.87. The lowest BCUT2D eigenvalue weighted by atomic mass is 9.96. The average molecular weight is 386 g/mol. The Bertz CT molecular complexity index is 870. The molecule has 1 aliphatic heterocycles. The summed E-state index contributed by atoms with van der Waals surface area (Å²) in [4.78, 5) is 29.4. The first-order valence-electron chi connectivity index (χ1n) is 9.48. The van der Waals surface area contributed by atoms with Gasteiger partial charge in [0.2, 0.25) is 0 Å². The largest absolute Gasteiger partial charge is 0.444 e. The van der Waals surface area contributed by atoms with Crippen molar-refractivity contribution in [3.63, 3.8) is 0 Å². The fourth-order valence-electron chi connectivity index (χ4n) is 3.42. The molecular weight excluding hydrogens is 360 g/mol. The Kier molecular flexibility index (Phi) is 5.67. The zero-order chi connectivity index (χ0) is 20.3. The Labute approximate surface area is 164 Å². The van der Waals surface area contributed by atoms with Gasteiger partial charge in [-0.2, -0.15) is 0 Å². The number of benzene rings is 1. The Morgan fingerprint density at radius 1 is 1.36 bits per heavy atom. The maximum Gasteiger partial charge on any atom is 0.407 e. The van der Waals surface area contributed by atoms with Crippen molar-refractivity contribution < 1.29 is 14.5 Å².